The molecular weight excluding hydrogens is 300 g/mol. The Kier molecular flexibility index (Phi) is 3.81. The Bertz CT molecular complexity index is 626. The van der Waals surface area contributed by atoms with Gasteiger partial charge < -0.3 is 19.3 Å². The van der Waals surface area contributed by atoms with Gasteiger partial charge >= 0.3 is 0 Å². The third-order valence-electron chi connectivity index (χ3n) is 6.98. The number of hydrogen-bond acceptors (Lipinski definition) is 4. The second-order valence-corrected chi connectivity index (χ2v) is 8.35. The van der Waals surface area contributed by atoms with Gasteiger partial charge in [-0.15, -0.1) is 0 Å². The summed E-state index contributed by atoms with van der Waals surface area (Å²) in [5.74, 6) is 1.69. The van der Waals surface area contributed by atoms with E-state index in [1.54, 1.807) is 14.2 Å². The van der Waals surface area contributed by atoms with Crippen molar-refractivity contribution in [3.8, 4) is 11.5 Å². The number of nitrogens with zero attached hydrogens (tertiary/aromatic N) is 2. The van der Waals surface area contributed by atoms with E-state index in [0.717, 1.165) is 11.5 Å². The number of rotatable bonds is 3. The number of likely N-dealkylation sites (N-methyl/N-ethyl adjacent to an activating group) is 1. The van der Waals surface area contributed by atoms with Crippen molar-refractivity contribution in [2.24, 2.45) is 5.41 Å². The van der Waals surface area contributed by atoms with Gasteiger partial charge in [-0.25, -0.2) is 0 Å². The van der Waals surface area contributed by atoms with Crippen LogP contribution in [0.3, 0.4) is 0 Å². The molecule has 1 aromatic carbocycles. The zero-order valence-corrected chi connectivity index (χ0v) is 15.5. The lowest BCUT2D eigenvalue weighted by Gasteiger charge is -2.57. The van der Waals surface area contributed by atoms with E-state index in [1.165, 1.54) is 50.9 Å². The smallest absolute Gasteiger partial charge is 0.161 e. The van der Waals surface area contributed by atoms with Crippen LogP contribution in [0.15, 0.2) is 18.2 Å². The Balaban J connectivity index is 1.68. The van der Waals surface area contributed by atoms with Crippen LogP contribution in [0.4, 0.5) is 0 Å². The van der Waals surface area contributed by atoms with Crippen LogP contribution in [0, 0.1) is 5.41 Å². The van der Waals surface area contributed by atoms with Crippen LogP contribution in [0.5, 0.6) is 11.5 Å². The van der Waals surface area contributed by atoms with Crippen molar-refractivity contribution < 1.29 is 9.47 Å². The highest BCUT2D eigenvalue weighted by Gasteiger charge is 2.56. The van der Waals surface area contributed by atoms with Gasteiger partial charge in [0.2, 0.25) is 0 Å². The van der Waals surface area contributed by atoms with E-state index in [0.29, 0.717) is 11.5 Å². The van der Waals surface area contributed by atoms with Crippen molar-refractivity contribution in [2.45, 2.75) is 37.1 Å². The molecule has 2 aliphatic heterocycles. The summed E-state index contributed by atoms with van der Waals surface area (Å²) in [5.41, 5.74) is 2.29. The Hall–Kier alpha value is -1.26. The summed E-state index contributed by atoms with van der Waals surface area (Å²) in [6.07, 6.45) is 5.25. The normalized spacial score (nSPS) is 32.4. The minimum absolute atomic E-state index is 0.285. The maximum Gasteiger partial charge on any atom is 0.161 e. The van der Waals surface area contributed by atoms with Crippen LogP contribution in [-0.2, 0) is 5.41 Å². The predicted octanol–water partition coefficient (Wildman–Crippen LogP) is 2.76. The van der Waals surface area contributed by atoms with Crippen LogP contribution < -0.4 is 9.47 Å². The average Bonchev–Trinajstić information content (AvgIpc) is 2.91. The minimum atomic E-state index is 0.285. The van der Waals surface area contributed by atoms with E-state index in [2.05, 4.69) is 42.1 Å². The molecule has 3 aliphatic rings. The monoisotopic (exact) mass is 330 g/mol. The average molecular weight is 330 g/mol. The zero-order chi connectivity index (χ0) is 16.9. The molecule has 0 amide bonds. The molecular formula is C20H30N2O2. The van der Waals surface area contributed by atoms with Gasteiger partial charge in [0.15, 0.2) is 11.5 Å². The van der Waals surface area contributed by atoms with Gasteiger partial charge in [-0.1, -0.05) is 6.07 Å². The largest absolute Gasteiger partial charge is 0.493 e. The van der Waals surface area contributed by atoms with Gasteiger partial charge in [-0.3, -0.25) is 0 Å². The summed E-state index contributed by atoms with van der Waals surface area (Å²) < 4.78 is 11.0. The summed E-state index contributed by atoms with van der Waals surface area (Å²) in [6.45, 7) is 3.75. The Morgan fingerprint density at radius 1 is 1.00 bits per heavy atom. The molecule has 0 bridgehead atoms. The molecule has 0 aromatic heterocycles. The highest BCUT2D eigenvalue weighted by Crippen LogP contribution is 2.56. The number of methoxy groups -OCH3 is 2. The first-order chi connectivity index (χ1) is 11.5. The van der Waals surface area contributed by atoms with E-state index in [4.69, 9.17) is 9.47 Å². The van der Waals surface area contributed by atoms with Gasteiger partial charge in [0, 0.05) is 24.5 Å². The van der Waals surface area contributed by atoms with E-state index >= 15 is 0 Å². The van der Waals surface area contributed by atoms with Gasteiger partial charge in [0.05, 0.1) is 14.2 Å². The Morgan fingerprint density at radius 2 is 1.75 bits per heavy atom. The van der Waals surface area contributed by atoms with Gasteiger partial charge in [0.25, 0.3) is 0 Å². The molecule has 3 fully saturated rings. The Labute approximate surface area is 145 Å². The fourth-order valence-electron chi connectivity index (χ4n) is 5.78. The summed E-state index contributed by atoms with van der Waals surface area (Å²) in [5, 5.41) is 0. The van der Waals surface area contributed by atoms with Crippen LogP contribution in [0.25, 0.3) is 0 Å². The van der Waals surface area contributed by atoms with E-state index in [9.17, 15) is 0 Å². The second kappa shape index (κ2) is 5.63. The number of ether oxygens (including phenoxy) is 2. The molecule has 1 saturated carbocycles. The topological polar surface area (TPSA) is 24.9 Å². The van der Waals surface area contributed by atoms with Crippen LogP contribution in [0.2, 0.25) is 0 Å². The van der Waals surface area contributed by atoms with Crippen LogP contribution >= 0.6 is 0 Å². The van der Waals surface area contributed by atoms with Crippen LogP contribution in [0.1, 0.15) is 31.2 Å². The van der Waals surface area contributed by atoms with Crippen molar-refractivity contribution >= 4 is 0 Å². The van der Waals surface area contributed by atoms with E-state index in [-0.39, 0.29) is 5.41 Å². The third kappa shape index (κ3) is 2.26. The van der Waals surface area contributed by atoms with Crippen molar-refractivity contribution in [3.63, 3.8) is 0 Å². The summed E-state index contributed by atoms with van der Waals surface area (Å²) in [4.78, 5) is 5.08. The van der Waals surface area contributed by atoms with Gasteiger partial charge in [-0.2, -0.15) is 0 Å². The lowest BCUT2D eigenvalue weighted by molar-refractivity contribution is -0.0477. The SMILES string of the molecule is COc1ccc([C@]23CCN(C)[C@H]2CC2(CC3)CN(C)C2)cc1OC. The molecule has 1 aromatic rings. The van der Waals surface area contributed by atoms with Crippen molar-refractivity contribution in [2.75, 3.05) is 47.9 Å². The summed E-state index contributed by atoms with van der Waals surface area (Å²) >= 11 is 0. The zero-order valence-electron chi connectivity index (χ0n) is 15.5. The number of hydrogen-bond donors (Lipinski definition) is 0. The molecule has 2 atom stereocenters. The first kappa shape index (κ1) is 16.2. The molecule has 24 heavy (non-hydrogen) atoms. The lowest BCUT2D eigenvalue weighted by Crippen LogP contribution is -2.61. The molecule has 2 saturated heterocycles. The van der Waals surface area contributed by atoms with Crippen LogP contribution in [-0.4, -0.2) is 63.8 Å². The molecule has 4 rings (SSSR count). The fourth-order valence-corrected chi connectivity index (χ4v) is 5.78. The minimum Gasteiger partial charge on any atom is -0.493 e. The first-order valence-electron chi connectivity index (χ1n) is 9.13. The lowest BCUT2D eigenvalue weighted by atomic mass is 9.56. The molecule has 0 radical (unpaired) electrons. The molecule has 2 heterocycles. The van der Waals surface area contributed by atoms with Gasteiger partial charge in [0.1, 0.15) is 0 Å². The highest BCUT2D eigenvalue weighted by molar-refractivity contribution is 5.46. The quantitative estimate of drug-likeness (QED) is 0.851. The molecule has 0 unspecified atom stereocenters. The molecule has 0 N–H and O–H groups in total. The van der Waals surface area contributed by atoms with Crippen molar-refractivity contribution in [3.05, 3.63) is 23.8 Å². The first-order valence-corrected chi connectivity index (χ1v) is 9.13. The van der Waals surface area contributed by atoms with Crippen molar-refractivity contribution in [1.82, 2.24) is 9.80 Å². The maximum absolute atomic E-state index is 5.58. The summed E-state index contributed by atoms with van der Waals surface area (Å²) in [6, 6.07) is 7.24. The fraction of sp³-hybridized carbons (Fsp3) is 0.700. The molecule has 4 nitrogen and oxygen atoms in total. The second-order valence-electron chi connectivity index (χ2n) is 8.35. The highest BCUT2D eigenvalue weighted by atomic mass is 16.5. The number of benzene rings is 1. The standard InChI is InChI=1S/C20H30N2O2/c1-21-13-19(14-21)7-8-20(9-10-22(2)18(20)12-19)15-5-6-16(23-3)17(11-15)24-4/h5-6,11,18H,7-10,12-14H2,1-4H3/t18-,20-/m0/s1. The Morgan fingerprint density at radius 3 is 2.42 bits per heavy atom. The van der Waals surface area contributed by atoms with E-state index in [1.807, 2.05) is 0 Å². The maximum atomic E-state index is 5.58. The third-order valence-corrected chi connectivity index (χ3v) is 6.98. The van der Waals surface area contributed by atoms with Crippen molar-refractivity contribution in [1.29, 1.82) is 0 Å². The molecule has 1 aliphatic carbocycles. The molecule has 1 spiro atoms. The predicted molar refractivity (Wildman–Crippen MR) is 96.0 cm³/mol. The molecule has 132 valence electrons. The van der Waals surface area contributed by atoms with Gasteiger partial charge in [-0.05, 0) is 69.4 Å². The number of fused-ring (bicyclic) bond motifs is 1. The van der Waals surface area contributed by atoms with E-state index < -0.39 is 0 Å². The molecule has 4 heteroatoms. The summed E-state index contributed by atoms with van der Waals surface area (Å²) in [7, 11) is 8.01. The number of likely N-dealkylation sites (tertiary alicyclic amines) is 2.